The van der Waals surface area contributed by atoms with E-state index in [9.17, 15) is 55.5 Å². The van der Waals surface area contributed by atoms with Crippen LogP contribution in [0.1, 0.15) is 38.5 Å². The average Bonchev–Trinajstić information content (AvgIpc) is 3.11. The van der Waals surface area contributed by atoms with Crippen LogP contribution < -0.4 is 0 Å². The number of aliphatic hydroxyl groups excluding tert-OH is 9. The van der Waals surface area contributed by atoms with E-state index < -0.39 is 154 Å². The van der Waals surface area contributed by atoms with Crippen LogP contribution >= 0.6 is 0 Å². The summed E-state index contributed by atoms with van der Waals surface area (Å²) in [6, 6.07) is 0. The first kappa shape index (κ1) is 41.5. The van der Waals surface area contributed by atoms with Gasteiger partial charge in [0.05, 0.1) is 49.3 Å². The predicted octanol–water partition coefficient (Wildman–Crippen LogP) is -4.89. The van der Waals surface area contributed by atoms with Crippen LogP contribution in [0.25, 0.3) is 0 Å². The summed E-state index contributed by atoms with van der Waals surface area (Å²) in [4.78, 5) is 22.8. The van der Waals surface area contributed by atoms with Gasteiger partial charge in [-0.2, -0.15) is 0 Å². The maximum absolute atomic E-state index is 11.9. The largest absolute Gasteiger partial charge is 0.481 e. The number of hydrogen-bond donors (Lipinski definition) is 10. The fourth-order valence-corrected chi connectivity index (χ4v) is 8.07. The maximum Gasteiger partial charge on any atom is 0.317 e. The highest BCUT2D eigenvalue weighted by Gasteiger charge is 2.55. The summed E-state index contributed by atoms with van der Waals surface area (Å²) in [5.74, 6) is -3.57. The van der Waals surface area contributed by atoms with Gasteiger partial charge in [0.2, 0.25) is 0 Å². The lowest BCUT2D eigenvalue weighted by Crippen LogP contribution is -2.63. The second kappa shape index (κ2) is 17.8. The maximum atomic E-state index is 11.9. The van der Waals surface area contributed by atoms with Crippen molar-refractivity contribution in [1.82, 2.24) is 0 Å². The van der Waals surface area contributed by atoms with Crippen molar-refractivity contribution in [3.05, 3.63) is 0 Å². The lowest BCUT2D eigenvalue weighted by atomic mass is 9.72. The van der Waals surface area contributed by atoms with E-state index in [1.807, 2.05) is 0 Å². The summed E-state index contributed by atoms with van der Waals surface area (Å²) < 4.78 is 46.5. The highest BCUT2D eigenvalue weighted by Crippen LogP contribution is 2.45. The number of carboxylic acids is 1. The minimum absolute atomic E-state index is 0.0291. The summed E-state index contributed by atoms with van der Waals surface area (Å²) in [5, 5.41) is 104. The van der Waals surface area contributed by atoms with Crippen LogP contribution in [-0.2, 0) is 47.5 Å². The van der Waals surface area contributed by atoms with Crippen molar-refractivity contribution >= 4 is 11.9 Å². The molecule has 5 rings (SSSR count). The van der Waals surface area contributed by atoms with Gasteiger partial charge in [0, 0.05) is 26.6 Å². The lowest BCUT2D eigenvalue weighted by Gasteiger charge is -2.53. The molecule has 0 aromatic rings. The molecule has 5 aliphatic rings. The number of carbonyl (C=O) groups is 2. The number of hydrogen-bond acceptors (Lipinski definition) is 19. The summed E-state index contributed by atoms with van der Waals surface area (Å²) in [5.41, 5.74) is 0. The van der Waals surface area contributed by atoms with Crippen LogP contribution in [0.15, 0.2) is 0 Å². The third kappa shape index (κ3) is 9.05. The van der Waals surface area contributed by atoms with Gasteiger partial charge in [-0.1, -0.05) is 0 Å². The zero-order valence-corrected chi connectivity index (χ0v) is 28.8. The second-order valence-corrected chi connectivity index (χ2v) is 14.2. The second-order valence-electron chi connectivity index (χ2n) is 14.2. The van der Waals surface area contributed by atoms with E-state index >= 15 is 0 Å². The van der Waals surface area contributed by atoms with Crippen molar-refractivity contribution in [1.29, 1.82) is 0 Å². The van der Waals surface area contributed by atoms with E-state index in [-0.39, 0.29) is 32.1 Å². The number of esters is 1. The summed E-state index contributed by atoms with van der Waals surface area (Å²) >= 11 is 0. The topological polar surface area (TPSA) is 310 Å². The number of fused-ring (bicyclic) bond motifs is 1. The van der Waals surface area contributed by atoms with Gasteiger partial charge >= 0.3 is 11.9 Å². The smallest absolute Gasteiger partial charge is 0.317 e. The lowest BCUT2D eigenvalue weighted by molar-refractivity contribution is -0.345. The number of carboxylic acid groups (broad SMARTS) is 1. The van der Waals surface area contributed by atoms with Gasteiger partial charge in [-0.05, 0) is 31.6 Å². The van der Waals surface area contributed by atoms with Crippen LogP contribution in [0.5, 0.6) is 0 Å². The zero-order chi connectivity index (χ0) is 38.0. The first-order valence-electron chi connectivity index (χ1n) is 17.4. The van der Waals surface area contributed by atoms with Crippen molar-refractivity contribution in [3.8, 4) is 0 Å². The average molecular weight is 757 g/mol. The molecule has 3 saturated heterocycles. The fourth-order valence-electron chi connectivity index (χ4n) is 8.07. The van der Waals surface area contributed by atoms with Gasteiger partial charge in [0.25, 0.3) is 0 Å². The molecule has 0 amide bonds. The third-order valence-corrected chi connectivity index (χ3v) is 10.9. The molecule has 3 heterocycles. The van der Waals surface area contributed by atoms with E-state index in [2.05, 4.69) is 0 Å². The Kier molecular flexibility index (Phi) is 14.2. The molecule has 3 aliphatic heterocycles. The normalized spacial score (nSPS) is 48.4. The van der Waals surface area contributed by atoms with E-state index in [4.69, 9.17) is 43.0 Å². The Morgan fingerprint density at radius 2 is 1.19 bits per heavy atom. The minimum Gasteiger partial charge on any atom is -0.481 e. The number of ether oxygens (including phenoxy) is 8. The van der Waals surface area contributed by atoms with E-state index in [0.29, 0.717) is 0 Å². The minimum atomic E-state index is -1.84. The quantitative estimate of drug-likeness (QED) is 0.0659. The number of methoxy groups -OCH3 is 2. The Balaban J connectivity index is 1.40. The number of rotatable bonds is 12. The summed E-state index contributed by atoms with van der Waals surface area (Å²) in [7, 11) is 2.88. The molecule has 0 radical (unpaired) electrons. The molecule has 20 heteroatoms. The highest BCUT2D eigenvalue weighted by molar-refractivity contribution is 5.90. The van der Waals surface area contributed by atoms with Crippen molar-refractivity contribution in [2.45, 2.75) is 149 Å². The monoisotopic (exact) mass is 756 g/mol. The Morgan fingerprint density at radius 3 is 1.75 bits per heavy atom. The first-order valence-corrected chi connectivity index (χ1v) is 17.4. The van der Waals surface area contributed by atoms with Gasteiger partial charge in [-0.3, -0.25) is 9.59 Å². The molecule has 0 aromatic carbocycles. The van der Waals surface area contributed by atoms with E-state index in [0.717, 1.165) is 0 Å². The van der Waals surface area contributed by atoms with Gasteiger partial charge in [-0.15, -0.1) is 0 Å². The fraction of sp³-hybridized carbons (Fsp3) is 0.938. The molecule has 0 bridgehead atoms. The third-order valence-electron chi connectivity index (χ3n) is 10.9. The molecule has 20 nitrogen and oxygen atoms in total. The van der Waals surface area contributed by atoms with Crippen LogP contribution in [0, 0.1) is 11.8 Å². The SMILES string of the molecule is COC1CC(C2OC3CC(O)CC(O[C@@H]4O[C@H](CO)[C@@H](O)[C@H](O)[C@H]4O)C3CC2O[C@@H]2O[C@H](COC(=O)CC(=O)O)[C@@H](O)[C@H](O)[C@H]2O)CC(OC)C1O. The zero-order valence-electron chi connectivity index (χ0n) is 28.8. The molecule has 0 aromatic heterocycles. The van der Waals surface area contributed by atoms with Crippen LogP contribution in [0.4, 0.5) is 0 Å². The van der Waals surface area contributed by atoms with Crippen LogP contribution in [0.3, 0.4) is 0 Å². The summed E-state index contributed by atoms with van der Waals surface area (Å²) in [6.07, 6.45) is -23.0. The molecular formula is C32H52O20. The van der Waals surface area contributed by atoms with Gasteiger partial charge < -0.3 is 89.0 Å². The molecule has 10 N–H and O–H groups in total. The summed E-state index contributed by atoms with van der Waals surface area (Å²) in [6.45, 7) is -1.36. The highest BCUT2D eigenvalue weighted by atomic mass is 16.7. The first-order chi connectivity index (χ1) is 24.7. The van der Waals surface area contributed by atoms with Crippen molar-refractivity contribution in [3.63, 3.8) is 0 Å². The molecule has 8 unspecified atom stereocenters. The molecule has 0 spiro atoms. The molecule has 5 fully saturated rings. The Labute approximate surface area is 298 Å². The number of aliphatic carboxylic acids is 1. The molecular weight excluding hydrogens is 704 g/mol. The molecule has 2 saturated carbocycles. The van der Waals surface area contributed by atoms with Crippen molar-refractivity contribution < 1.29 is 98.5 Å². The standard InChI is InChI=1S/C32H52O20/c1-45-16-3-11(4-17(46-2)23(16)38)30-18(50-32-29(44)27(42)25(40)20(52-32)10-47-22(37)8-21(35)36)7-13-14(48-30)5-12(34)6-15(13)49-31-28(43)26(41)24(39)19(9-33)51-31/h11-20,23-34,38-44H,3-10H2,1-2H3,(H,35,36)/t11?,12?,13?,14?,15?,16?,17?,18?,19-,20-,23?,24-,25-,26+,27+,28-,29-,30?,31-,32-/m1/s1. The van der Waals surface area contributed by atoms with E-state index in [1.165, 1.54) is 14.2 Å². The predicted molar refractivity (Wildman–Crippen MR) is 166 cm³/mol. The molecule has 2 aliphatic carbocycles. The Morgan fingerprint density at radius 1 is 0.635 bits per heavy atom. The van der Waals surface area contributed by atoms with Gasteiger partial charge in [0.1, 0.15) is 68.0 Å². The number of carbonyl (C=O) groups excluding carboxylic acids is 1. The molecule has 52 heavy (non-hydrogen) atoms. The number of aliphatic hydroxyl groups is 9. The van der Waals surface area contributed by atoms with Gasteiger partial charge in [-0.25, -0.2) is 0 Å². The molecule has 18 atom stereocenters. The van der Waals surface area contributed by atoms with Gasteiger partial charge in [0.15, 0.2) is 12.6 Å². The molecule has 300 valence electrons. The van der Waals surface area contributed by atoms with Crippen LogP contribution in [-0.4, -0.2) is 201 Å². The van der Waals surface area contributed by atoms with Crippen molar-refractivity contribution in [2.75, 3.05) is 27.4 Å². The Bertz CT molecular complexity index is 1160. The Hall–Kier alpha value is -1.70. The van der Waals surface area contributed by atoms with E-state index in [1.54, 1.807) is 0 Å². The van der Waals surface area contributed by atoms with Crippen molar-refractivity contribution in [2.24, 2.45) is 11.8 Å². The van der Waals surface area contributed by atoms with Crippen LogP contribution in [0.2, 0.25) is 0 Å².